The third-order valence-electron chi connectivity index (χ3n) is 4.61. The van der Waals surface area contributed by atoms with E-state index in [0.717, 1.165) is 11.1 Å². The van der Waals surface area contributed by atoms with Gasteiger partial charge in [0.05, 0.1) is 18.7 Å². The number of hydrogen-bond donors (Lipinski definition) is 2. The number of nitrogens with one attached hydrogen (secondary N) is 1. The maximum absolute atomic E-state index is 12.1. The summed E-state index contributed by atoms with van der Waals surface area (Å²) < 4.78 is 4.90. The summed E-state index contributed by atoms with van der Waals surface area (Å²) in [5.41, 5.74) is 8.02. The Labute approximate surface area is 140 Å². The molecule has 3 atom stereocenters. The molecule has 0 aromatic heterocycles. The van der Waals surface area contributed by atoms with Gasteiger partial charge in [0, 0.05) is 18.4 Å². The number of ether oxygens (including phenoxy) is 1. The zero-order valence-electron chi connectivity index (χ0n) is 13.4. The normalized spacial score (nSPS) is 23.0. The average molecular weight is 324 g/mol. The van der Waals surface area contributed by atoms with E-state index in [1.807, 2.05) is 42.5 Å². The molecule has 0 bridgehead atoms. The first-order valence-electron chi connectivity index (χ1n) is 7.88. The summed E-state index contributed by atoms with van der Waals surface area (Å²) in [6.45, 7) is 0.571. The SMILES string of the molecule is COC(=O)c1ccccc1C1CN[C@H](C(N)=O)[C@@H]1c1ccccc1. The molecule has 1 aliphatic rings. The summed E-state index contributed by atoms with van der Waals surface area (Å²) in [5.74, 6) is -0.934. The quantitative estimate of drug-likeness (QED) is 0.840. The standard InChI is InChI=1S/C19H20N2O3/c1-24-19(23)14-10-6-5-9-13(14)15-11-21-17(18(20)22)16(15)12-7-3-2-4-8-12/h2-10,15-17,21H,11H2,1H3,(H2,20,22)/t15?,16-,17+/m1/s1. The minimum atomic E-state index is -0.469. The number of benzene rings is 2. The summed E-state index contributed by atoms with van der Waals surface area (Å²) >= 11 is 0. The van der Waals surface area contributed by atoms with Crippen molar-refractivity contribution in [3.05, 3.63) is 71.3 Å². The molecule has 0 spiro atoms. The van der Waals surface area contributed by atoms with E-state index >= 15 is 0 Å². The molecule has 2 aromatic rings. The van der Waals surface area contributed by atoms with Crippen LogP contribution in [0, 0.1) is 0 Å². The van der Waals surface area contributed by atoms with Crippen LogP contribution in [0.1, 0.15) is 33.3 Å². The molecule has 1 aliphatic heterocycles. The van der Waals surface area contributed by atoms with E-state index in [-0.39, 0.29) is 23.7 Å². The third kappa shape index (κ3) is 2.90. The molecule has 1 fully saturated rings. The first kappa shape index (κ1) is 16.2. The highest BCUT2D eigenvalue weighted by atomic mass is 16.5. The maximum Gasteiger partial charge on any atom is 0.338 e. The van der Waals surface area contributed by atoms with E-state index < -0.39 is 6.04 Å². The van der Waals surface area contributed by atoms with Crippen molar-refractivity contribution in [3.63, 3.8) is 0 Å². The van der Waals surface area contributed by atoms with Crippen LogP contribution >= 0.6 is 0 Å². The van der Waals surface area contributed by atoms with Crippen LogP contribution in [0.15, 0.2) is 54.6 Å². The van der Waals surface area contributed by atoms with Gasteiger partial charge in [-0.05, 0) is 17.2 Å². The van der Waals surface area contributed by atoms with Gasteiger partial charge in [-0.2, -0.15) is 0 Å². The van der Waals surface area contributed by atoms with Crippen molar-refractivity contribution in [1.82, 2.24) is 5.32 Å². The number of methoxy groups -OCH3 is 1. The summed E-state index contributed by atoms with van der Waals surface area (Å²) in [4.78, 5) is 24.0. The Morgan fingerprint density at radius 3 is 2.42 bits per heavy atom. The van der Waals surface area contributed by atoms with Crippen molar-refractivity contribution >= 4 is 11.9 Å². The molecule has 124 valence electrons. The second kappa shape index (κ2) is 6.84. The fraction of sp³-hybridized carbons (Fsp3) is 0.263. The first-order valence-corrected chi connectivity index (χ1v) is 7.88. The Morgan fingerprint density at radius 1 is 1.08 bits per heavy atom. The van der Waals surface area contributed by atoms with Crippen LogP contribution in [-0.4, -0.2) is 31.6 Å². The number of amides is 1. The molecular weight excluding hydrogens is 304 g/mol. The highest BCUT2D eigenvalue weighted by molar-refractivity contribution is 5.91. The van der Waals surface area contributed by atoms with Gasteiger partial charge in [0.15, 0.2) is 0 Å². The summed E-state index contributed by atoms with van der Waals surface area (Å²) in [7, 11) is 1.37. The highest BCUT2D eigenvalue weighted by Gasteiger charge is 2.41. The Hall–Kier alpha value is -2.66. The second-order valence-electron chi connectivity index (χ2n) is 5.91. The van der Waals surface area contributed by atoms with Gasteiger partial charge in [-0.25, -0.2) is 4.79 Å². The van der Waals surface area contributed by atoms with Crippen molar-refractivity contribution in [2.24, 2.45) is 5.73 Å². The Morgan fingerprint density at radius 2 is 1.75 bits per heavy atom. The Bertz CT molecular complexity index is 745. The molecule has 5 heteroatoms. The number of carbonyl (C=O) groups excluding carboxylic acids is 2. The molecule has 3 rings (SSSR count). The van der Waals surface area contributed by atoms with Gasteiger partial charge >= 0.3 is 5.97 Å². The summed E-state index contributed by atoms with van der Waals surface area (Å²) in [6.07, 6.45) is 0. The number of nitrogens with two attached hydrogens (primary N) is 1. The van der Waals surface area contributed by atoms with Gasteiger partial charge in [-0.1, -0.05) is 48.5 Å². The molecule has 5 nitrogen and oxygen atoms in total. The topological polar surface area (TPSA) is 81.4 Å². The van der Waals surface area contributed by atoms with Crippen LogP contribution in [0.2, 0.25) is 0 Å². The van der Waals surface area contributed by atoms with Gasteiger partial charge in [0.2, 0.25) is 5.91 Å². The van der Waals surface area contributed by atoms with Crippen LogP contribution in [-0.2, 0) is 9.53 Å². The van der Waals surface area contributed by atoms with Crippen LogP contribution in [0.25, 0.3) is 0 Å². The van der Waals surface area contributed by atoms with Crippen LogP contribution < -0.4 is 11.1 Å². The lowest BCUT2D eigenvalue weighted by Gasteiger charge is -2.24. The molecule has 1 unspecified atom stereocenters. The zero-order chi connectivity index (χ0) is 17.1. The average Bonchev–Trinajstić information content (AvgIpc) is 3.07. The van der Waals surface area contributed by atoms with E-state index in [1.54, 1.807) is 12.1 Å². The van der Waals surface area contributed by atoms with E-state index in [4.69, 9.17) is 10.5 Å². The maximum atomic E-state index is 12.1. The largest absolute Gasteiger partial charge is 0.465 e. The lowest BCUT2D eigenvalue weighted by molar-refractivity contribution is -0.120. The summed E-state index contributed by atoms with van der Waals surface area (Å²) in [5, 5.41) is 3.21. The summed E-state index contributed by atoms with van der Waals surface area (Å²) in [6, 6.07) is 16.7. The third-order valence-corrected chi connectivity index (χ3v) is 4.61. The Balaban J connectivity index is 2.07. The molecule has 1 amide bonds. The minimum Gasteiger partial charge on any atom is -0.465 e. The van der Waals surface area contributed by atoms with Crippen molar-refractivity contribution < 1.29 is 14.3 Å². The molecule has 0 aliphatic carbocycles. The Kier molecular flexibility index (Phi) is 4.62. The smallest absolute Gasteiger partial charge is 0.338 e. The van der Waals surface area contributed by atoms with Gasteiger partial charge < -0.3 is 15.8 Å². The van der Waals surface area contributed by atoms with E-state index in [0.29, 0.717) is 12.1 Å². The first-order chi connectivity index (χ1) is 11.6. The van der Waals surface area contributed by atoms with Crippen molar-refractivity contribution in [3.8, 4) is 0 Å². The second-order valence-corrected chi connectivity index (χ2v) is 5.91. The van der Waals surface area contributed by atoms with Crippen molar-refractivity contribution in [2.45, 2.75) is 17.9 Å². The van der Waals surface area contributed by atoms with Gasteiger partial charge in [0.25, 0.3) is 0 Å². The number of esters is 1. The highest BCUT2D eigenvalue weighted by Crippen LogP contribution is 2.40. The molecule has 1 saturated heterocycles. The number of rotatable bonds is 4. The molecule has 24 heavy (non-hydrogen) atoms. The monoisotopic (exact) mass is 324 g/mol. The zero-order valence-corrected chi connectivity index (χ0v) is 13.4. The molecular formula is C19H20N2O3. The molecule has 0 radical (unpaired) electrons. The number of carbonyl (C=O) groups is 2. The molecule has 1 heterocycles. The molecule has 3 N–H and O–H groups in total. The fourth-order valence-electron chi connectivity index (χ4n) is 3.54. The van der Waals surface area contributed by atoms with Crippen LogP contribution in [0.3, 0.4) is 0 Å². The predicted octanol–water partition coefficient (Wildman–Crippen LogP) is 1.80. The van der Waals surface area contributed by atoms with Gasteiger partial charge in [-0.3, -0.25) is 4.79 Å². The van der Waals surface area contributed by atoms with Crippen LogP contribution in [0.5, 0.6) is 0 Å². The fourth-order valence-corrected chi connectivity index (χ4v) is 3.54. The lowest BCUT2D eigenvalue weighted by atomic mass is 9.79. The lowest BCUT2D eigenvalue weighted by Crippen LogP contribution is -2.39. The minimum absolute atomic E-state index is 0.0415. The van der Waals surface area contributed by atoms with Crippen LogP contribution in [0.4, 0.5) is 0 Å². The molecule has 0 saturated carbocycles. The van der Waals surface area contributed by atoms with Crippen molar-refractivity contribution in [2.75, 3.05) is 13.7 Å². The van der Waals surface area contributed by atoms with E-state index in [2.05, 4.69) is 5.32 Å². The predicted molar refractivity (Wildman–Crippen MR) is 90.7 cm³/mol. The van der Waals surface area contributed by atoms with E-state index in [9.17, 15) is 9.59 Å². The number of hydrogen-bond acceptors (Lipinski definition) is 4. The van der Waals surface area contributed by atoms with Crippen molar-refractivity contribution in [1.29, 1.82) is 0 Å². The number of primary amides is 1. The van der Waals surface area contributed by atoms with Gasteiger partial charge in [-0.15, -0.1) is 0 Å². The molecule has 2 aromatic carbocycles. The van der Waals surface area contributed by atoms with E-state index in [1.165, 1.54) is 7.11 Å². The van der Waals surface area contributed by atoms with Gasteiger partial charge in [0.1, 0.15) is 0 Å².